The summed E-state index contributed by atoms with van der Waals surface area (Å²) >= 11 is 0. The van der Waals surface area contributed by atoms with Crippen LogP contribution in [0.25, 0.3) is 0 Å². The van der Waals surface area contributed by atoms with Gasteiger partial charge in [0.2, 0.25) is 15.9 Å². The van der Waals surface area contributed by atoms with Crippen LogP contribution in [0.2, 0.25) is 0 Å². The standard InChI is InChI=1S/C20H26N4O3S/c1-23(2)19-12-21-13-20(22-19)27-17-9-10-24(14-17)28(25,26)18-8-7-15-5-3-4-6-16(15)11-18/h7-8,11-13,17H,3-6,9-10,14H2,1-2H3. The molecule has 4 rings (SSSR count). The average molecular weight is 403 g/mol. The zero-order valence-electron chi connectivity index (χ0n) is 16.3. The van der Waals surface area contributed by atoms with Crippen LogP contribution in [0.15, 0.2) is 35.5 Å². The molecule has 1 saturated heterocycles. The van der Waals surface area contributed by atoms with E-state index in [1.54, 1.807) is 18.5 Å². The first-order valence-corrected chi connectivity index (χ1v) is 11.2. The molecule has 1 aliphatic carbocycles. The summed E-state index contributed by atoms with van der Waals surface area (Å²) in [7, 11) is 0.260. The van der Waals surface area contributed by atoms with Crippen molar-refractivity contribution in [3.63, 3.8) is 0 Å². The van der Waals surface area contributed by atoms with Gasteiger partial charge in [-0.25, -0.2) is 8.42 Å². The van der Waals surface area contributed by atoms with Crippen molar-refractivity contribution < 1.29 is 13.2 Å². The van der Waals surface area contributed by atoms with E-state index in [0.29, 0.717) is 36.1 Å². The van der Waals surface area contributed by atoms with Gasteiger partial charge in [-0.15, -0.1) is 0 Å². The minimum absolute atomic E-state index is 0.223. The van der Waals surface area contributed by atoms with Crippen molar-refractivity contribution in [3.05, 3.63) is 41.7 Å². The third-order valence-electron chi connectivity index (χ3n) is 5.41. The van der Waals surface area contributed by atoms with Crippen molar-refractivity contribution in [2.75, 3.05) is 32.1 Å². The Morgan fingerprint density at radius 2 is 1.93 bits per heavy atom. The number of hydrogen-bond acceptors (Lipinski definition) is 6. The van der Waals surface area contributed by atoms with Crippen molar-refractivity contribution in [1.29, 1.82) is 0 Å². The molecule has 8 heteroatoms. The van der Waals surface area contributed by atoms with Gasteiger partial charge in [0.1, 0.15) is 6.10 Å². The molecule has 7 nitrogen and oxygen atoms in total. The van der Waals surface area contributed by atoms with Gasteiger partial charge in [0.25, 0.3) is 0 Å². The first kappa shape index (κ1) is 19.1. The molecular formula is C20H26N4O3S. The lowest BCUT2D eigenvalue weighted by molar-refractivity contribution is 0.206. The van der Waals surface area contributed by atoms with Crippen molar-refractivity contribution in [1.82, 2.24) is 14.3 Å². The monoisotopic (exact) mass is 402 g/mol. The third-order valence-corrected chi connectivity index (χ3v) is 7.27. The molecule has 0 spiro atoms. The molecule has 1 aromatic heterocycles. The normalized spacial score (nSPS) is 20.0. The number of hydrogen-bond donors (Lipinski definition) is 0. The highest BCUT2D eigenvalue weighted by atomic mass is 32.2. The predicted octanol–water partition coefficient (Wildman–Crippen LogP) is 2.26. The lowest BCUT2D eigenvalue weighted by atomic mass is 9.92. The van der Waals surface area contributed by atoms with Crippen LogP contribution in [0.5, 0.6) is 5.88 Å². The fraction of sp³-hybridized carbons (Fsp3) is 0.500. The Morgan fingerprint density at radius 3 is 2.71 bits per heavy atom. The molecule has 0 amide bonds. The summed E-state index contributed by atoms with van der Waals surface area (Å²) in [6.07, 6.45) is 7.96. The highest BCUT2D eigenvalue weighted by Gasteiger charge is 2.34. The summed E-state index contributed by atoms with van der Waals surface area (Å²) in [5, 5.41) is 0. The molecule has 1 aromatic carbocycles. The van der Waals surface area contributed by atoms with Crippen LogP contribution in [0.4, 0.5) is 5.82 Å². The number of anilines is 1. The van der Waals surface area contributed by atoms with E-state index >= 15 is 0 Å². The molecular weight excluding hydrogens is 376 g/mol. The van der Waals surface area contributed by atoms with Gasteiger partial charge in [-0.05, 0) is 55.4 Å². The lowest BCUT2D eigenvalue weighted by Gasteiger charge is -2.20. The molecule has 28 heavy (non-hydrogen) atoms. The second kappa shape index (κ2) is 7.67. The number of nitrogens with zero attached hydrogens (tertiary/aromatic N) is 4. The quantitative estimate of drug-likeness (QED) is 0.764. The van der Waals surface area contributed by atoms with Gasteiger partial charge >= 0.3 is 0 Å². The van der Waals surface area contributed by atoms with Crippen molar-refractivity contribution >= 4 is 15.8 Å². The molecule has 1 atom stereocenters. The van der Waals surface area contributed by atoms with Crippen LogP contribution in [0.1, 0.15) is 30.4 Å². The molecule has 0 saturated carbocycles. The number of sulfonamides is 1. The van der Waals surface area contributed by atoms with E-state index in [1.807, 2.05) is 31.1 Å². The largest absolute Gasteiger partial charge is 0.472 e. The van der Waals surface area contributed by atoms with E-state index in [2.05, 4.69) is 9.97 Å². The van der Waals surface area contributed by atoms with E-state index in [0.717, 1.165) is 19.3 Å². The molecule has 2 aromatic rings. The number of aryl methyl sites for hydroxylation is 2. The van der Waals surface area contributed by atoms with Crippen LogP contribution in [0.3, 0.4) is 0 Å². The molecule has 0 radical (unpaired) electrons. The fourth-order valence-corrected chi connectivity index (χ4v) is 5.35. The molecule has 2 heterocycles. The Morgan fingerprint density at radius 1 is 1.14 bits per heavy atom. The molecule has 1 fully saturated rings. The summed E-state index contributed by atoms with van der Waals surface area (Å²) in [5.74, 6) is 1.12. The fourth-order valence-electron chi connectivity index (χ4n) is 3.81. The first-order chi connectivity index (χ1) is 13.4. The number of benzene rings is 1. The minimum atomic E-state index is -3.51. The van der Waals surface area contributed by atoms with E-state index < -0.39 is 10.0 Å². The van der Waals surface area contributed by atoms with Crippen molar-refractivity contribution in [2.45, 2.75) is 43.1 Å². The van der Waals surface area contributed by atoms with E-state index in [9.17, 15) is 8.42 Å². The maximum absolute atomic E-state index is 13.1. The zero-order chi connectivity index (χ0) is 19.7. The summed E-state index contributed by atoms with van der Waals surface area (Å²) in [6, 6.07) is 5.59. The van der Waals surface area contributed by atoms with Crippen LogP contribution in [-0.4, -0.2) is 56.0 Å². The van der Waals surface area contributed by atoms with Gasteiger partial charge in [0.05, 0.1) is 23.8 Å². The van der Waals surface area contributed by atoms with Crippen LogP contribution >= 0.6 is 0 Å². The smallest absolute Gasteiger partial charge is 0.243 e. The Balaban J connectivity index is 1.46. The summed E-state index contributed by atoms with van der Waals surface area (Å²) in [6.45, 7) is 0.776. The van der Waals surface area contributed by atoms with Gasteiger partial charge in [0.15, 0.2) is 5.82 Å². The van der Waals surface area contributed by atoms with Crippen molar-refractivity contribution in [3.8, 4) is 5.88 Å². The summed E-state index contributed by atoms with van der Waals surface area (Å²) in [5.41, 5.74) is 2.46. The van der Waals surface area contributed by atoms with E-state index in [1.165, 1.54) is 21.9 Å². The second-order valence-corrected chi connectivity index (χ2v) is 9.58. The number of ether oxygens (including phenoxy) is 1. The summed E-state index contributed by atoms with van der Waals surface area (Å²) in [4.78, 5) is 10.8. The van der Waals surface area contributed by atoms with Crippen LogP contribution in [0, 0.1) is 0 Å². The molecule has 1 unspecified atom stereocenters. The summed E-state index contributed by atoms with van der Waals surface area (Å²) < 4.78 is 33.6. The Hall–Kier alpha value is -2.19. The predicted molar refractivity (Wildman–Crippen MR) is 107 cm³/mol. The van der Waals surface area contributed by atoms with E-state index in [4.69, 9.17) is 4.74 Å². The number of fused-ring (bicyclic) bond motifs is 1. The average Bonchev–Trinajstić information content (AvgIpc) is 3.17. The van der Waals surface area contributed by atoms with Gasteiger partial charge in [0, 0.05) is 20.6 Å². The van der Waals surface area contributed by atoms with Gasteiger partial charge in [-0.3, -0.25) is 4.98 Å². The van der Waals surface area contributed by atoms with Crippen LogP contribution < -0.4 is 9.64 Å². The maximum Gasteiger partial charge on any atom is 0.243 e. The Kier molecular flexibility index (Phi) is 5.25. The van der Waals surface area contributed by atoms with E-state index in [-0.39, 0.29) is 6.10 Å². The first-order valence-electron chi connectivity index (χ1n) is 9.71. The minimum Gasteiger partial charge on any atom is -0.472 e. The molecule has 1 aliphatic heterocycles. The third kappa shape index (κ3) is 3.84. The molecule has 0 N–H and O–H groups in total. The van der Waals surface area contributed by atoms with Crippen LogP contribution in [-0.2, 0) is 22.9 Å². The van der Waals surface area contributed by atoms with Gasteiger partial charge in [-0.1, -0.05) is 6.07 Å². The van der Waals surface area contributed by atoms with Gasteiger partial charge < -0.3 is 9.64 Å². The molecule has 0 bridgehead atoms. The highest BCUT2D eigenvalue weighted by molar-refractivity contribution is 7.89. The van der Waals surface area contributed by atoms with Gasteiger partial charge in [-0.2, -0.15) is 9.29 Å². The Bertz CT molecular complexity index is 962. The Labute approximate surface area is 166 Å². The molecule has 2 aliphatic rings. The SMILES string of the molecule is CN(C)c1cncc(OC2CCN(S(=O)(=O)c3ccc4c(c3)CCCC4)C2)n1. The second-order valence-electron chi connectivity index (χ2n) is 7.64. The lowest BCUT2D eigenvalue weighted by Crippen LogP contribution is -2.31. The number of rotatable bonds is 5. The van der Waals surface area contributed by atoms with Crippen molar-refractivity contribution in [2.24, 2.45) is 0 Å². The highest BCUT2D eigenvalue weighted by Crippen LogP contribution is 2.28. The maximum atomic E-state index is 13.1. The zero-order valence-corrected chi connectivity index (χ0v) is 17.2. The topological polar surface area (TPSA) is 75.6 Å². The number of aromatic nitrogens is 2. The molecule has 150 valence electrons.